The van der Waals surface area contributed by atoms with Crippen LogP contribution >= 0.6 is 11.3 Å². The highest BCUT2D eigenvalue weighted by atomic mass is 32.1. The summed E-state index contributed by atoms with van der Waals surface area (Å²) in [5.41, 5.74) is 4.68. The number of hydrogen-bond acceptors (Lipinski definition) is 4. The second-order valence-corrected chi connectivity index (χ2v) is 5.27. The lowest BCUT2D eigenvalue weighted by atomic mass is 10.2. The number of anilines is 2. The van der Waals surface area contributed by atoms with Gasteiger partial charge in [0, 0.05) is 22.7 Å². The number of thiazole rings is 1. The SMILES string of the molecule is CC(C)C(=O)Nc1ccc(NCc2cscn2)cc1. The summed E-state index contributed by atoms with van der Waals surface area (Å²) in [5, 5.41) is 8.16. The van der Waals surface area contributed by atoms with E-state index in [1.54, 1.807) is 11.3 Å². The van der Waals surface area contributed by atoms with Crippen molar-refractivity contribution in [2.24, 2.45) is 5.92 Å². The van der Waals surface area contributed by atoms with E-state index in [2.05, 4.69) is 15.6 Å². The van der Waals surface area contributed by atoms with Crippen LogP contribution in [-0.2, 0) is 11.3 Å². The van der Waals surface area contributed by atoms with Crippen LogP contribution in [0.15, 0.2) is 35.2 Å². The largest absolute Gasteiger partial charge is 0.379 e. The number of nitrogens with one attached hydrogen (secondary N) is 2. The van der Waals surface area contributed by atoms with Gasteiger partial charge >= 0.3 is 0 Å². The van der Waals surface area contributed by atoms with E-state index in [1.165, 1.54) is 0 Å². The number of carbonyl (C=O) groups excluding carboxylic acids is 1. The average Bonchev–Trinajstić information content (AvgIpc) is 2.91. The van der Waals surface area contributed by atoms with Crippen LogP contribution in [0, 0.1) is 5.92 Å². The van der Waals surface area contributed by atoms with E-state index in [1.807, 2.05) is 49.0 Å². The van der Waals surface area contributed by atoms with Gasteiger partial charge in [-0.15, -0.1) is 11.3 Å². The molecule has 0 aliphatic carbocycles. The summed E-state index contributed by atoms with van der Waals surface area (Å²) in [4.78, 5) is 15.8. The van der Waals surface area contributed by atoms with Crippen molar-refractivity contribution in [2.45, 2.75) is 20.4 Å². The minimum absolute atomic E-state index is 0.0116. The Morgan fingerprint density at radius 2 is 1.95 bits per heavy atom. The monoisotopic (exact) mass is 275 g/mol. The fourth-order valence-electron chi connectivity index (χ4n) is 1.48. The molecular weight excluding hydrogens is 258 g/mol. The summed E-state index contributed by atoms with van der Waals surface area (Å²) >= 11 is 1.59. The smallest absolute Gasteiger partial charge is 0.226 e. The molecule has 2 rings (SSSR count). The van der Waals surface area contributed by atoms with Gasteiger partial charge in [-0.05, 0) is 24.3 Å². The summed E-state index contributed by atoms with van der Waals surface area (Å²) in [7, 11) is 0. The van der Waals surface area contributed by atoms with E-state index in [0.29, 0.717) is 6.54 Å². The summed E-state index contributed by atoms with van der Waals surface area (Å²) in [6.45, 7) is 4.46. The van der Waals surface area contributed by atoms with Gasteiger partial charge in [0.15, 0.2) is 0 Å². The number of hydrogen-bond donors (Lipinski definition) is 2. The molecular formula is C14H17N3OS. The molecule has 0 radical (unpaired) electrons. The highest BCUT2D eigenvalue weighted by molar-refractivity contribution is 7.07. The number of amides is 1. The lowest BCUT2D eigenvalue weighted by Crippen LogP contribution is -2.17. The fourth-order valence-corrected chi connectivity index (χ4v) is 2.03. The lowest BCUT2D eigenvalue weighted by molar-refractivity contribution is -0.118. The second-order valence-electron chi connectivity index (χ2n) is 4.55. The first-order chi connectivity index (χ1) is 9.15. The number of rotatable bonds is 5. The molecule has 1 aromatic heterocycles. The Morgan fingerprint density at radius 1 is 1.26 bits per heavy atom. The van der Waals surface area contributed by atoms with Gasteiger partial charge in [0.1, 0.15) is 0 Å². The van der Waals surface area contributed by atoms with Crippen molar-refractivity contribution in [1.82, 2.24) is 4.98 Å². The number of carbonyl (C=O) groups is 1. The van der Waals surface area contributed by atoms with Crippen molar-refractivity contribution in [1.29, 1.82) is 0 Å². The van der Waals surface area contributed by atoms with Gasteiger partial charge in [-0.2, -0.15) is 0 Å². The third-order valence-corrected chi connectivity index (χ3v) is 3.27. The van der Waals surface area contributed by atoms with Crippen molar-refractivity contribution < 1.29 is 4.79 Å². The predicted octanol–water partition coefficient (Wildman–Crippen LogP) is 3.35. The van der Waals surface area contributed by atoms with Crippen LogP contribution in [-0.4, -0.2) is 10.9 Å². The zero-order valence-corrected chi connectivity index (χ0v) is 11.8. The van der Waals surface area contributed by atoms with Gasteiger partial charge in [-0.1, -0.05) is 13.8 Å². The highest BCUT2D eigenvalue weighted by Gasteiger charge is 2.06. The number of benzene rings is 1. The molecule has 5 heteroatoms. The maximum atomic E-state index is 11.5. The van der Waals surface area contributed by atoms with Crippen molar-refractivity contribution >= 4 is 28.6 Å². The van der Waals surface area contributed by atoms with Gasteiger partial charge in [0.25, 0.3) is 0 Å². The van der Waals surface area contributed by atoms with Gasteiger partial charge in [-0.3, -0.25) is 4.79 Å². The van der Waals surface area contributed by atoms with E-state index >= 15 is 0 Å². The molecule has 0 aliphatic rings. The van der Waals surface area contributed by atoms with Crippen LogP contribution < -0.4 is 10.6 Å². The van der Waals surface area contributed by atoms with Crippen molar-refractivity contribution in [2.75, 3.05) is 10.6 Å². The maximum absolute atomic E-state index is 11.5. The maximum Gasteiger partial charge on any atom is 0.226 e. The van der Waals surface area contributed by atoms with Crippen molar-refractivity contribution in [3.8, 4) is 0 Å². The van der Waals surface area contributed by atoms with Crippen LogP contribution in [0.5, 0.6) is 0 Å². The molecule has 100 valence electrons. The molecule has 2 N–H and O–H groups in total. The Morgan fingerprint density at radius 3 is 2.53 bits per heavy atom. The summed E-state index contributed by atoms with van der Waals surface area (Å²) in [6.07, 6.45) is 0. The van der Waals surface area contributed by atoms with Crippen molar-refractivity contribution in [3.63, 3.8) is 0 Å². The minimum Gasteiger partial charge on any atom is -0.379 e. The average molecular weight is 275 g/mol. The summed E-state index contributed by atoms with van der Waals surface area (Å²) in [5.74, 6) is 0.0191. The van der Waals surface area contributed by atoms with Gasteiger partial charge in [0.05, 0.1) is 17.7 Å². The third kappa shape index (κ3) is 4.06. The molecule has 0 atom stereocenters. The molecule has 0 spiro atoms. The topological polar surface area (TPSA) is 54.0 Å². The van der Waals surface area contributed by atoms with Crippen LogP contribution in [0.2, 0.25) is 0 Å². The Bertz CT molecular complexity index is 520. The molecule has 1 aromatic carbocycles. The first-order valence-electron chi connectivity index (χ1n) is 6.17. The molecule has 0 fully saturated rings. The van der Waals surface area contributed by atoms with Crippen LogP contribution in [0.3, 0.4) is 0 Å². The van der Waals surface area contributed by atoms with Crippen LogP contribution in [0.4, 0.5) is 11.4 Å². The van der Waals surface area contributed by atoms with Crippen molar-refractivity contribution in [3.05, 3.63) is 40.8 Å². The first-order valence-corrected chi connectivity index (χ1v) is 7.11. The normalized spacial score (nSPS) is 10.5. The zero-order valence-electron chi connectivity index (χ0n) is 11.0. The first kappa shape index (κ1) is 13.5. The Kier molecular flexibility index (Phi) is 4.52. The molecule has 1 amide bonds. The summed E-state index contributed by atoms with van der Waals surface area (Å²) in [6, 6.07) is 7.68. The zero-order chi connectivity index (χ0) is 13.7. The van der Waals surface area contributed by atoms with E-state index in [4.69, 9.17) is 0 Å². The standard InChI is InChI=1S/C14H17N3OS/c1-10(2)14(18)17-12-5-3-11(4-6-12)15-7-13-8-19-9-16-13/h3-6,8-10,15H,7H2,1-2H3,(H,17,18). The summed E-state index contributed by atoms with van der Waals surface area (Å²) < 4.78 is 0. The van der Waals surface area contributed by atoms with E-state index in [-0.39, 0.29) is 11.8 Å². The third-order valence-electron chi connectivity index (χ3n) is 2.63. The Labute approximate surface area is 116 Å². The Hall–Kier alpha value is -1.88. The fraction of sp³-hybridized carbons (Fsp3) is 0.286. The predicted molar refractivity (Wildman–Crippen MR) is 79.4 cm³/mol. The molecule has 0 bridgehead atoms. The molecule has 0 unspecified atom stereocenters. The molecule has 0 saturated heterocycles. The van der Waals surface area contributed by atoms with Crippen LogP contribution in [0.1, 0.15) is 19.5 Å². The molecule has 1 heterocycles. The van der Waals surface area contributed by atoms with Crippen LogP contribution in [0.25, 0.3) is 0 Å². The quantitative estimate of drug-likeness (QED) is 0.880. The number of aromatic nitrogens is 1. The van der Waals surface area contributed by atoms with Gasteiger partial charge in [0.2, 0.25) is 5.91 Å². The minimum atomic E-state index is -0.0116. The second kappa shape index (κ2) is 6.33. The lowest BCUT2D eigenvalue weighted by Gasteiger charge is -2.09. The Balaban J connectivity index is 1.89. The van der Waals surface area contributed by atoms with E-state index in [9.17, 15) is 4.79 Å². The molecule has 0 saturated carbocycles. The molecule has 0 aliphatic heterocycles. The molecule has 19 heavy (non-hydrogen) atoms. The van der Waals surface area contributed by atoms with E-state index < -0.39 is 0 Å². The molecule has 4 nitrogen and oxygen atoms in total. The van der Waals surface area contributed by atoms with E-state index in [0.717, 1.165) is 17.1 Å². The van der Waals surface area contributed by atoms with Gasteiger partial charge < -0.3 is 10.6 Å². The molecule has 2 aromatic rings. The van der Waals surface area contributed by atoms with Gasteiger partial charge in [-0.25, -0.2) is 4.98 Å². The number of nitrogens with zero attached hydrogens (tertiary/aromatic N) is 1. The highest BCUT2D eigenvalue weighted by Crippen LogP contribution is 2.15.